The number of anilines is 1. The van der Waals surface area contributed by atoms with Gasteiger partial charge in [-0.1, -0.05) is 36.8 Å². The fourth-order valence-corrected chi connectivity index (χ4v) is 5.00. The van der Waals surface area contributed by atoms with Gasteiger partial charge in [-0.3, -0.25) is 0 Å². The van der Waals surface area contributed by atoms with Crippen molar-refractivity contribution in [3.05, 3.63) is 57.6 Å². The van der Waals surface area contributed by atoms with E-state index in [-0.39, 0.29) is 0 Å². The van der Waals surface area contributed by atoms with Crippen LogP contribution in [-0.4, -0.2) is 4.98 Å². The van der Waals surface area contributed by atoms with Crippen LogP contribution in [0.1, 0.15) is 46.5 Å². The van der Waals surface area contributed by atoms with Gasteiger partial charge in [-0.15, -0.1) is 11.3 Å². The number of nitrogens with zero attached hydrogens (tertiary/aromatic N) is 1. The van der Waals surface area contributed by atoms with Gasteiger partial charge in [-0.05, 0) is 43.7 Å². The molecule has 0 saturated heterocycles. The van der Waals surface area contributed by atoms with E-state index in [1.165, 1.54) is 52.6 Å². The zero-order valence-corrected chi connectivity index (χ0v) is 14.4. The van der Waals surface area contributed by atoms with E-state index in [0.717, 1.165) is 29.1 Å². The first kappa shape index (κ1) is 14.7. The summed E-state index contributed by atoms with van der Waals surface area (Å²) in [4.78, 5) is 7.57. The van der Waals surface area contributed by atoms with E-state index in [0.29, 0.717) is 0 Å². The minimum Gasteiger partial charge on any atom is -0.398 e. The number of hydrogen-bond acceptors (Lipinski definition) is 3. The van der Waals surface area contributed by atoms with Crippen LogP contribution in [0.15, 0.2) is 30.3 Å². The molecule has 0 aliphatic heterocycles. The maximum Gasteiger partial charge on any atom is 0.126 e. The summed E-state index contributed by atoms with van der Waals surface area (Å²) < 4.78 is 0. The van der Waals surface area contributed by atoms with Crippen LogP contribution in [0.2, 0.25) is 0 Å². The number of benzene rings is 1. The highest BCUT2D eigenvalue weighted by atomic mass is 32.1. The van der Waals surface area contributed by atoms with Crippen LogP contribution in [0.5, 0.6) is 0 Å². The number of nitrogen functional groups attached to an aromatic ring is 1. The molecule has 1 aromatic carbocycles. The summed E-state index contributed by atoms with van der Waals surface area (Å²) in [6, 6.07) is 10.6. The Kier molecular flexibility index (Phi) is 3.82. The molecular formula is C20H22N2S. The van der Waals surface area contributed by atoms with E-state index >= 15 is 0 Å². The second kappa shape index (κ2) is 5.97. The van der Waals surface area contributed by atoms with E-state index in [9.17, 15) is 0 Å². The monoisotopic (exact) mass is 322 g/mol. The third-order valence-corrected chi connectivity index (χ3v) is 6.11. The minimum absolute atomic E-state index is 0.867. The van der Waals surface area contributed by atoms with Gasteiger partial charge in [-0.25, -0.2) is 4.98 Å². The Morgan fingerprint density at radius 3 is 2.70 bits per heavy atom. The first-order valence-corrected chi connectivity index (χ1v) is 9.29. The molecule has 2 nitrogen and oxygen atoms in total. The van der Waals surface area contributed by atoms with Gasteiger partial charge in [0.25, 0.3) is 0 Å². The average molecular weight is 322 g/mol. The fraction of sp³-hybridized carbons (Fsp3) is 0.350. The van der Waals surface area contributed by atoms with Crippen molar-refractivity contribution in [2.24, 2.45) is 0 Å². The molecule has 0 bridgehead atoms. The van der Waals surface area contributed by atoms with E-state index in [2.05, 4.69) is 37.3 Å². The summed E-state index contributed by atoms with van der Waals surface area (Å²) in [5, 5.41) is 1.25. The van der Waals surface area contributed by atoms with Gasteiger partial charge in [0.05, 0.1) is 0 Å². The highest BCUT2D eigenvalue weighted by molar-refractivity contribution is 7.19. The van der Waals surface area contributed by atoms with E-state index < -0.39 is 0 Å². The number of thiophene rings is 1. The predicted octanol–water partition coefficient (Wildman–Crippen LogP) is 5.05. The van der Waals surface area contributed by atoms with Gasteiger partial charge in [0.1, 0.15) is 4.83 Å². The molecule has 0 amide bonds. The number of fused-ring (bicyclic) bond motifs is 3. The molecule has 0 unspecified atom stereocenters. The second-order valence-electron chi connectivity index (χ2n) is 6.50. The molecule has 1 aliphatic rings. The van der Waals surface area contributed by atoms with Crippen molar-refractivity contribution in [1.82, 2.24) is 4.98 Å². The summed E-state index contributed by atoms with van der Waals surface area (Å²) in [7, 11) is 0. The molecule has 0 fully saturated rings. The van der Waals surface area contributed by atoms with Crippen molar-refractivity contribution in [2.45, 2.75) is 45.4 Å². The van der Waals surface area contributed by atoms with Crippen LogP contribution in [0.4, 0.5) is 5.69 Å². The van der Waals surface area contributed by atoms with Crippen LogP contribution in [0.3, 0.4) is 0 Å². The maximum atomic E-state index is 6.65. The Morgan fingerprint density at radius 1 is 1.09 bits per heavy atom. The molecule has 0 spiro atoms. The van der Waals surface area contributed by atoms with Crippen molar-refractivity contribution >= 4 is 27.2 Å². The molecule has 2 N–H and O–H groups in total. The summed E-state index contributed by atoms with van der Waals surface area (Å²) in [6.07, 6.45) is 7.14. The second-order valence-corrected chi connectivity index (χ2v) is 7.58. The van der Waals surface area contributed by atoms with Gasteiger partial charge in [0, 0.05) is 33.6 Å². The van der Waals surface area contributed by atoms with Gasteiger partial charge in [0.15, 0.2) is 0 Å². The largest absolute Gasteiger partial charge is 0.398 e. The maximum absolute atomic E-state index is 6.65. The topological polar surface area (TPSA) is 38.9 Å². The van der Waals surface area contributed by atoms with Gasteiger partial charge in [-0.2, -0.15) is 0 Å². The number of nitrogens with two attached hydrogens (primary N) is 1. The van der Waals surface area contributed by atoms with E-state index in [1.807, 2.05) is 11.3 Å². The third kappa shape index (κ3) is 2.63. The van der Waals surface area contributed by atoms with Crippen molar-refractivity contribution in [1.29, 1.82) is 0 Å². The first-order valence-electron chi connectivity index (χ1n) is 8.47. The highest BCUT2D eigenvalue weighted by Crippen LogP contribution is 2.40. The SMILES string of the molecule is Cc1nc2sc3c(c2c(N)c1Cc1ccccc1)CCCCC3. The Labute approximate surface area is 141 Å². The zero-order valence-electron chi connectivity index (χ0n) is 13.6. The summed E-state index contributed by atoms with van der Waals surface area (Å²) in [5.41, 5.74) is 12.7. The van der Waals surface area contributed by atoms with Crippen molar-refractivity contribution in [3.63, 3.8) is 0 Å². The van der Waals surface area contributed by atoms with E-state index in [1.54, 1.807) is 0 Å². The minimum atomic E-state index is 0.867. The lowest BCUT2D eigenvalue weighted by Gasteiger charge is -2.12. The highest BCUT2D eigenvalue weighted by Gasteiger charge is 2.20. The number of aromatic nitrogens is 1. The zero-order chi connectivity index (χ0) is 15.8. The van der Waals surface area contributed by atoms with Crippen LogP contribution in [-0.2, 0) is 19.3 Å². The quantitative estimate of drug-likeness (QED) is 0.671. The molecule has 0 atom stereocenters. The Hall–Kier alpha value is -1.87. The van der Waals surface area contributed by atoms with E-state index in [4.69, 9.17) is 10.7 Å². The molecule has 118 valence electrons. The molecular weight excluding hydrogens is 300 g/mol. The molecule has 0 radical (unpaired) electrons. The van der Waals surface area contributed by atoms with Gasteiger partial charge in [0.2, 0.25) is 0 Å². The summed E-state index contributed by atoms with van der Waals surface area (Å²) in [6.45, 7) is 2.10. The molecule has 3 heteroatoms. The van der Waals surface area contributed by atoms with Gasteiger partial charge < -0.3 is 5.73 Å². The lowest BCUT2D eigenvalue weighted by atomic mass is 9.98. The van der Waals surface area contributed by atoms with Crippen LogP contribution >= 0.6 is 11.3 Å². The lowest BCUT2D eigenvalue weighted by Crippen LogP contribution is -2.02. The lowest BCUT2D eigenvalue weighted by molar-refractivity contribution is 0.713. The first-order chi connectivity index (χ1) is 11.2. The number of pyridine rings is 1. The summed E-state index contributed by atoms with van der Waals surface area (Å²) in [5.74, 6) is 0. The molecule has 2 heterocycles. The Bertz CT molecular complexity index is 849. The normalized spacial score (nSPS) is 14.7. The van der Waals surface area contributed by atoms with Gasteiger partial charge >= 0.3 is 0 Å². The molecule has 3 aromatic rings. The average Bonchev–Trinajstić information content (AvgIpc) is 2.74. The standard InChI is InChI=1S/C20H22N2S/c1-13-16(12-14-8-4-2-5-9-14)19(21)18-15-10-6-3-7-11-17(15)23-20(18)22-13/h2,4-5,8-9H,3,6-7,10-12H2,1H3,(H2,21,22). The molecule has 1 aliphatic carbocycles. The van der Waals surface area contributed by atoms with Crippen LogP contribution in [0.25, 0.3) is 10.2 Å². The fourth-order valence-electron chi connectivity index (χ4n) is 3.67. The van der Waals surface area contributed by atoms with Crippen LogP contribution in [0, 0.1) is 6.92 Å². The Morgan fingerprint density at radius 2 is 1.87 bits per heavy atom. The molecule has 0 saturated carbocycles. The number of hydrogen-bond donors (Lipinski definition) is 1. The Balaban J connectivity index is 1.86. The summed E-state index contributed by atoms with van der Waals surface area (Å²) >= 11 is 1.87. The third-order valence-electron chi connectivity index (χ3n) is 4.93. The van der Waals surface area contributed by atoms with Crippen molar-refractivity contribution in [2.75, 3.05) is 5.73 Å². The molecule has 4 rings (SSSR count). The predicted molar refractivity (Wildman–Crippen MR) is 99.3 cm³/mol. The van der Waals surface area contributed by atoms with Crippen molar-refractivity contribution in [3.8, 4) is 0 Å². The number of rotatable bonds is 2. The van der Waals surface area contributed by atoms with Crippen LogP contribution < -0.4 is 5.73 Å². The number of aryl methyl sites for hydroxylation is 3. The van der Waals surface area contributed by atoms with Crippen molar-refractivity contribution < 1.29 is 0 Å². The smallest absolute Gasteiger partial charge is 0.126 e. The molecule has 23 heavy (non-hydrogen) atoms. The molecule has 2 aromatic heterocycles.